The molecule has 0 saturated carbocycles. The molecule has 0 bridgehead atoms. The highest BCUT2D eigenvalue weighted by Crippen LogP contribution is 2.35. The smallest absolute Gasteiger partial charge is 0.299 e. The molecule has 2 aromatic heterocycles. The lowest BCUT2D eigenvalue weighted by Gasteiger charge is -2.17. The van der Waals surface area contributed by atoms with Crippen LogP contribution >= 0.6 is 34.2 Å². The Morgan fingerprint density at radius 3 is 2.88 bits per heavy atom. The normalized spacial score (nSPS) is 17.5. The Morgan fingerprint density at radius 2 is 2.12 bits per heavy atom. The molecule has 0 atom stereocenters. The van der Waals surface area contributed by atoms with Crippen LogP contribution in [0.4, 0.5) is 0 Å². The van der Waals surface area contributed by atoms with Gasteiger partial charge in [0, 0.05) is 22.6 Å². The lowest BCUT2D eigenvalue weighted by atomic mass is 10.1. The van der Waals surface area contributed by atoms with Crippen LogP contribution < -0.4 is 4.74 Å². The molecule has 16 heavy (non-hydrogen) atoms. The number of rotatable bonds is 0. The summed E-state index contributed by atoms with van der Waals surface area (Å²) in [6.07, 6.45) is 0. The fourth-order valence-electron chi connectivity index (χ4n) is 1.83. The van der Waals surface area contributed by atoms with Crippen LogP contribution in [0.1, 0.15) is 13.8 Å². The van der Waals surface area contributed by atoms with E-state index in [1.807, 2.05) is 27.2 Å². The quantitative estimate of drug-likeness (QED) is 0.415. The van der Waals surface area contributed by atoms with Crippen LogP contribution in [0, 0.1) is 3.83 Å². The number of imidazole rings is 1. The minimum Gasteiger partial charge on any atom is -0.462 e. The summed E-state index contributed by atoms with van der Waals surface area (Å²) in [7, 11) is 0. The second-order valence-corrected chi connectivity index (χ2v) is 5.61. The van der Waals surface area contributed by atoms with E-state index < -0.39 is 0 Å². The van der Waals surface area contributed by atoms with Gasteiger partial charge in [0.05, 0.1) is 5.54 Å². The summed E-state index contributed by atoms with van der Waals surface area (Å²) in [5.41, 5.74) is 1.19. The van der Waals surface area contributed by atoms with Crippen LogP contribution in [0.5, 0.6) is 6.01 Å². The third-order valence-electron chi connectivity index (χ3n) is 2.57. The average Bonchev–Trinajstić information content (AvgIpc) is 2.66. The molecule has 2 aromatic rings. The summed E-state index contributed by atoms with van der Waals surface area (Å²) >= 11 is 8.07. The van der Waals surface area contributed by atoms with E-state index in [2.05, 4.69) is 28.8 Å². The first-order valence-electron chi connectivity index (χ1n) is 4.74. The van der Waals surface area contributed by atoms with Gasteiger partial charge in [-0.2, -0.15) is 4.98 Å². The maximum Gasteiger partial charge on any atom is 0.299 e. The van der Waals surface area contributed by atoms with Gasteiger partial charge in [-0.1, -0.05) is 11.6 Å². The number of hydrogen-bond donors (Lipinski definition) is 0. The minimum atomic E-state index is -0.148. The molecule has 0 fully saturated rings. The Balaban J connectivity index is 2.43. The number of aromatic nitrogens is 4. The van der Waals surface area contributed by atoms with Crippen molar-refractivity contribution in [2.45, 2.75) is 19.4 Å². The van der Waals surface area contributed by atoms with Gasteiger partial charge in [-0.25, -0.2) is 9.97 Å². The van der Waals surface area contributed by atoms with E-state index in [1.165, 1.54) is 0 Å². The van der Waals surface area contributed by atoms with Gasteiger partial charge in [0.25, 0.3) is 6.01 Å². The fraction of sp³-hybridized carbons (Fsp3) is 0.444. The lowest BCUT2D eigenvalue weighted by Crippen LogP contribution is -2.25. The van der Waals surface area contributed by atoms with Gasteiger partial charge in [-0.05, 0) is 13.8 Å². The summed E-state index contributed by atoms with van der Waals surface area (Å²) in [5.74, 6) is 0. The monoisotopic (exact) mass is 350 g/mol. The van der Waals surface area contributed by atoms with Gasteiger partial charge in [0.1, 0.15) is 12.1 Å². The van der Waals surface area contributed by atoms with Crippen molar-refractivity contribution in [3.05, 3.63) is 8.98 Å². The highest BCUT2D eigenvalue weighted by Gasteiger charge is 2.35. The summed E-state index contributed by atoms with van der Waals surface area (Å²) < 4.78 is 8.10. The standard InChI is InChI=1S/C9H8ClIN4O/c1-9(2)3-16-8-12-4-5(10)13-7(11)14-6(4)15(8)9/h3H2,1-2H3. The van der Waals surface area contributed by atoms with Crippen LogP contribution in [0.25, 0.3) is 11.2 Å². The maximum atomic E-state index is 6.03. The van der Waals surface area contributed by atoms with Gasteiger partial charge in [0.15, 0.2) is 14.6 Å². The molecule has 0 saturated heterocycles. The lowest BCUT2D eigenvalue weighted by molar-refractivity contribution is 0.268. The van der Waals surface area contributed by atoms with Gasteiger partial charge >= 0.3 is 0 Å². The molecule has 84 valence electrons. The Labute approximate surface area is 110 Å². The number of hydrogen-bond acceptors (Lipinski definition) is 4. The predicted molar refractivity (Wildman–Crippen MR) is 67.9 cm³/mol. The van der Waals surface area contributed by atoms with Crippen molar-refractivity contribution in [1.82, 2.24) is 19.5 Å². The molecule has 3 rings (SSSR count). The molecule has 1 aliphatic rings. The third kappa shape index (κ3) is 1.32. The number of fused-ring (bicyclic) bond motifs is 3. The first kappa shape index (κ1) is 10.5. The van der Waals surface area contributed by atoms with Crippen LogP contribution in [0.3, 0.4) is 0 Å². The molecule has 0 aliphatic carbocycles. The molecule has 5 nitrogen and oxygen atoms in total. The number of halogens is 2. The Hall–Kier alpha value is -0.630. The third-order valence-corrected chi connectivity index (χ3v) is 3.31. The zero-order valence-electron chi connectivity index (χ0n) is 8.66. The van der Waals surface area contributed by atoms with Crippen LogP contribution in [-0.2, 0) is 5.54 Å². The summed E-state index contributed by atoms with van der Waals surface area (Å²) in [6, 6.07) is 0.568. The second-order valence-electron chi connectivity index (χ2n) is 4.29. The Morgan fingerprint density at radius 1 is 1.38 bits per heavy atom. The highest BCUT2D eigenvalue weighted by molar-refractivity contribution is 14.1. The summed E-state index contributed by atoms with van der Waals surface area (Å²) in [5, 5.41) is 0.371. The van der Waals surface area contributed by atoms with Crippen molar-refractivity contribution in [3.63, 3.8) is 0 Å². The second kappa shape index (κ2) is 3.19. The van der Waals surface area contributed by atoms with Gasteiger partial charge in [-0.15, -0.1) is 0 Å². The van der Waals surface area contributed by atoms with Crippen molar-refractivity contribution in [2.75, 3.05) is 6.61 Å². The van der Waals surface area contributed by atoms with Crippen molar-refractivity contribution in [2.24, 2.45) is 0 Å². The molecule has 0 spiro atoms. The van der Waals surface area contributed by atoms with E-state index in [4.69, 9.17) is 16.3 Å². The Bertz CT molecular complexity index is 595. The highest BCUT2D eigenvalue weighted by atomic mass is 127. The van der Waals surface area contributed by atoms with Crippen molar-refractivity contribution >= 4 is 45.4 Å². The van der Waals surface area contributed by atoms with Gasteiger partial charge in [-0.3, -0.25) is 4.57 Å². The van der Waals surface area contributed by atoms with Crippen LogP contribution in [-0.4, -0.2) is 26.1 Å². The molecular weight excluding hydrogens is 342 g/mol. The maximum absolute atomic E-state index is 6.03. The number of ether oxygens (including phenoxy) is 1. The van der Waals surface area contributed by atoms with Crippen molar-refractivity contribution < 1.29 is 4.74 Å². The van der Waals surface area contributed by atoms with Gasteiger partial charge < -0.3 is 4.74 Å². The van der Waals surface area contributed by atoms with E-state index in [-0.39, 0.29) is 5.54 Å². The van der Waals surface area contributed by atoms with E-state index in [0.29, 0.717) is 27.1 Å². The summed E-state index contributed by atoms with van der Waals surface area (Å²) in [6.45, 7) is 4.75. The average molecular weight is 351 g/mol. The van der Waals surface area contributed by atoms with E-state index in [1.54, 1.807) is 0 Å². The predicted octanol–water partition coefficient (Wildman–Crippen LogP) is 2.21. The molecule has 0 N–H and O–H groups in total. The van der Waals surface area contributed by atoms with Crippen molar-refractivity contribution in [3.8, 4) is 6.01 Å². The topological polar surface area (TPSA) is 52.8 Å². The zero-order chi connectivity index (χ0) is 11.5. The fourth-order valence-corrected chi connectivity index (χ4v) is 2.65. The van der Waals surface area contributed by atoms with Gasteiger partial charge in [0.2, 0.25) is 0 Å². The van der Waals surface area contributed by atoms with Crippen LogP contribution in [0.15, 0.2) is 0 Å². The molecule has 1 aliphatic heterocycles. The molecule has 0 unspecified atom stereocenters. The zero-order valence-corrected chi connectivity index (χ0v) is 11.6. The first-order chi connectivity index (χ1) is 7.49. The van der Waals surface area contributed by atoms with E-state index in [0.717, 1.165) is 5.65 Å². The molecule has 7 heteroatoms. The van der Waals surface area contributed by atoms with E-state index >= 15 is 0 Å². The first-order valence-corrected chi connectivity index (χ1v) is 6.19. The molecule has 0 radical (unpaired) electrons. The number of nitrogens with zero attached hydrogens (tertiary/aromatic N) is 4. The Kier molecular flexibility index (Phi) is 2.10. The summed E-state index contributed by atoms with van der Waals surface area (Å²) in [4.78, 5) is 12.8. The minimum absolute atomic E-state index is 0.148. The molecule has 0 aromatic carbocycles. The molecular formula is C9H8ClIN4O. The van der Waals surface area contributed by atoms with Crippen LogP contribution in [0.2, 0.25) is 5.15 Å². The SMILES string of the molecule is CC1(C)COc2nc3c(Cl)nc(I)nc3n21. The van der Waals surface area contributed by atoms with E-state index in [9.17, 15) is 0 Å². The molecule has 3 heterocycles. The largest absolute Gasteiger partial charge is 0.462 e. The molecule has 0 amide bonds. The van der Waals surface area contributed by atoms with Crippen molar-refractivity contribution in [1.29, 1.82) is 0 Å².